The second-order valence-corrected chi connectivity index (χ2v) is 7.35. The Morgan fingerprint density at radius 2 is 2.00 bits per heavy atom. The molecule has 0 heterocycles. The number of carbonyl (C=O) groups is 2. The Morgan fingerprint density at radius 3 is 2.71 bits per heavy atom. The van der Waals surface area contributed by atoms with E-state index in [1.54, 1.807) is 17.0 Å². The fourth-order valence-electron chi connectivity index (χ4n) is 3.86. The molecule has 1 amide bonds. The Balaban J connectivity index is 1.69. The largest absolute Gasteiger partial charge is 0.483 e. The van der Waals surface area contributed by atoms with Gasteiger partial charge in [0.05, 0.1) is 5.56 Å². The van der Waals surface area contributed by atoms with Crippen molar-refractivity contribution in [2.75, 3.05) is 13.7 Å². The smallest absolute Gasteiger partial charge is 0.260 e. The van der Waals surface area contributed by atoms with Crippen LogP contribution in [0.4, 0.5) is 0 Å². The van der Waals surface area contributed by atoms with Crippen molar-refractivity contribution in [1.82, 2.24) is 4.90 Å². The van der Waals surface area contributed by atoms with Crippen molar-refractivity contribution in [3.8, 4) is 5.75 Å². The van der Waals surface area contributed by atoms with Gasteiger partial charge in [-0.1, -0.05) is 37.8 Å². The molecule has 130 valence electrons. The predicted molar refractivity (Wildman–Crippen MR) is 94.0 cm³/mol. The Hall–Kier alpha value is -1.55. The zero-order chi connectivity index (χ0) is 17.3. The van der Waals surface area contributed by atoms with Crippen LogP contribution in [0.1, 0.15) is 67.3 Å². The summed E-state index contributed by atoms with van der Waals surface area (Å²) in [6, 6.07) is 3.76. The van der Waals surface area contributed by atoms with E-state index in [1.807, 2.05) is 14.0 Å². The van der Waals surface area contributed by atoms with Gasteiger partial charge in [0, 0.05) is 24.5 Å². The molecule has 24 heavy (non-hydrogen) atoms. The second-order valence-electron chi connectivity index (χ2n) is 6.95. The minimum atomic E-state index is -0.0390. The third-order valence-corrected chi connectivity index (χ3v) is 5.61. The van der Waals surface area contributed by atoms with Gasteiger partial charge in [-0.25, -0.2) is 0 Å². The first-order chi connectivity index (χ1) is 11.5. The first-order valence-electron chi connectivity index (χ1n) is 8.73. The van der Waals surface area contributed by atoms with E-state index in [2.05, 4.69) is 0 Å². The van der Waals surface area contributed by atoms with Crippen molar-refractivity contribution in [2.24, 2.45) is 0 Å². The van der Waals surface area contributed by atoms with Crippen LogP contribution in [0.5, 0.6) is 5.75 Å². The van der Waals surface area contributed by atoms with Crippen LogP contribution in [0.3, 0.4) is 0 Å². The van der Waals surface area contributed by atoms with Gasteiger partial charge in [-0.2, -0.15) is 0 Å². The Labute approximate surface area is 148 Å². The number of hydrogen-bond acceptors (Lipinski definition) is 3. The van der Waals surface area contributed by atoms with Crippen LogP contribution >= 0.6 is 11.6 Å². The molecule has 1 atom stereocenters. The summed E-state index contributed by atoms with van der Waals surface area (Å²) < 4.78 is 5.73. The number of likely N-dealkylation sites (N-methyl/N-ethyl adjacent to an activating group) is 1. The first-order valence-corrected chi connectivity index (χ1v) is 9.11. The van der Waals surface area contributed by atoms with Gasteiger partial charge < -0.3 is 9.64 Å². The molecule has 0 aromatic heterocycles. The van der Waals surface area contributed by atoms with Gasteiger partial charge in [-0.15, -0.1) is 0 Å². The fourth-order valence-corrected chi connectivity index (χ4v) is 4.20. The standard InChI is InChI=1S/C19H24ClNO3/c1-12-10-15(22)19-16(9-8-14(20)18(12)19)24-11-17(23)21(2)13-6-4-3-5-7-13/h8-9,12-13H,3-7,10-11H2,1-2H3. The Kier molecular flexibility index (Phi) is 5.14. The van der Waals surface area contributed by atoms with Crippen molar-refractivity contribution in [2.45, 2.75) is 57.4 Å². The van der Waals surface area contributed by atoms with Gasteiger partial charge >= 0.3 is 0 Å². The zero-order valence-electron chi connectivity index (χ0n) is 14.3. The molecule has 0 spiro atoms. The predicted octanol–water partition coefficient (Wildman–Crippen LogP) is 4.20. The number of ketones is 1. The van der Waals surface area contributed by atoms with E-state index < -0.39 is 0 Å². The molecule has 4 nitrogen and oxygen atoms in total. The molecule has 0 saturated heterocycles. The number of fused-ring (bicyclic) bond motifs is 1. The van der Waals surface area contributed by atoms with Crippen molar-refractivity contribution >= 4 is 23.3 Å². The van der Waals surface area contributed by atoms with Crippen LogP contribution in [0.15, 0.2) is 12.1 Å². The Morgan fingerprint density at radius 1 is 1.29 bits per heavy atom. The molecule has 1 fully saturated rings. The normalized spacial score (nSPS) is 20.8. The van der Waals surface area contributed by atoms with E-state index in [9.17, 15) is 9.59 Å². The topological polar surface area (TPSA) is 46.6 Å². The highest BCUT2D eigenvalue weighted by Crippen LogP contribution is 2.42. The minimum absolute atomic E-state index is 0.0379. The molecule has 2 aliphatic carbocycles. The molecule has 0 aliphatic heterocycles. The summed E-state index contributed by atoms with van der Waals surface area (Å²) in [6.45, 7) is 1.95. The molecule has 1 saturated carbocycles. The molecule has 1 aromatic carbocycles. The third-order valence-electron chi connectivity index (χ3n) is 5.28. The summed E-state index contributed by atoms with van der Waals surface area (Å²) in [7, 11) is 1.85. The summed E-state index contributed by atoms with van der Waals surface area (Å²) in [5.74, 6) is 0.588. The van der Waals surface area contributed by atoms with Gasteiger partial charge in [0.25, 0.3) is 5.91 Å². The average Bonchev–Trinajstić information content (AvgIpc) is 2.90. The van der Waals surface area contributed by atoms with Gasteiger partial charge in [0.2, 0.25) is 0 Å². The summed E-state index contributed by atoms with van der Waals surface area (Å²) in [4.78, 5) is 26.5. The molecule has 3 rings (SSSR count). The zero-order valence-corrected chi connectivity index (χ0v) is 15.1. The SMILES string of the molecule is CC1CC(=O)c2c(OCC(=O)N(C)C3CCCCC3)ccc(Cl)c21. The fraction of sp³-hybridized carbons (Fsp3) is 0.579. The number of carbonyl (C=O) groups excluding carboxylic acids is 2. The lowest BCUT2D eigenvalue weighted by molar-refractivity contribution is -0.134. The molecule has 0 radical (unpaired) electrons. The number of Topliss-reactive ketones (excluding diaryl/α,β-unsaturated/α-hetero) is 1. The summed E-state index contributed by atoms with van der Waals surface area (Å²) in [5.41, 5.74) is 1.41. The molecule has 5 heteroatoms. The summed E-state index contributed by atoms with van der Waals surface area (Å²) in [5, 5.41) is 0.598. The number of ether oxygens (including phenoxy) is 1. The van der Waals surface area contributed by atoms with Crippen molar-refractivity contribution in [3.63, 3.8) is 0 Å². The number of benzene rings is 1. The third kappa shape index (κ3) is 3.30. The summed E-state index contributed by atoms with van der Waals surface area (Å²) in [6.07, 6.45) is 6.20. The lowest BCUT2D eigenvalue weighted by atomic mass is 9.94. The highest BCUT2D eigenvalue weighted by molar-refractivity contribution is 6.32. The van der Waals surface area contributed by atoms with Crippen LogP contribution in [0.2, 0.25) is 5.02 Å². The summed E-state index contributed by atoms with van der Waals surface area (Å²) >= 11 is 6.23. The van der Waals surface area contributed by atoms with E-state index >= 15 is 0 Å². The molecular formula is C19H24ClNO3. The lowest BCUT2D eigenvalue weighted by Crippen LogP contribution is -2.40. The van der Waals surface area contributed by atoms with Crippen LogP contribution < -0.4 is 4.74 Å². The maximum atomic E-state index is 12.4. The van der Waals surface area contributed by atoms with Crippen molar-refractivity contribution < 1.29 is 14.3 Å². The second kappa shape index (κ2) is 7.14. The average molecular weight is 350 g/mol. The van der Waals surface area contributed by atoms with E-state index in [0.29, 0.717) is 28.8 Å². The van der Waals surface area contributed by atoms with Crippen LogP contribution in [0, 0.1) is 0 Å². The number of rotatable bonds is 4. The molecule has 0 bridgehead atoms. The maximum Gasteiger partial charge on any atom is 0.260 e. The van der Waals surface area contributed by atoms with Crippen LogP contribution in [0.25, 0.3) is 0 Å². The number of amides is 1. The van der Waals surface area contributed by atoms with Crippen LogP contribution in [-0.2, 0) is 4.79 Å². The maximum absolute atomic E-state index is 12.4. The number of halogens is 1. The Bertz CT molecular complexity index is 652. The quantitative estimate of drug-likeness (QED) is 0.818. The van der Waals surface area contributed by atoms with Gasteiger partial charge in [-0.3, -0.25) is 9.59 Å². The minimum Gasteiger partial charge on any atom is -0.483 e. The molecule has 2 aliphatic rings. The highest BCUT2D eigenvalue weighted by atomic mass is 35.5. The van der Waals surface area contributed by atoms with Crippen molar-refractivity contribution in [3.05, 3.63) is 28.3 Å². The van der Waals surface area contributed by atoms with E-state index in [1.165, 1.54) is 19.3 Å². The highest BCUT2D eigenvalue weighted by Gasteiger charge is 2.32. The van der Waals surface area contributed by atoms with E-state index in [0.717, 1.165) is 18.4 Å². The molecular weight excluding hydrogens is 326 g/mol. The molecule has 1 unspecified atom stereocenters. The molecule has 0 N–H and O–H groups in total. The first kappa shape index (κ1) is 17.3. The van der Waals surface area contributed by atoms with Gasteiger partial charge in [0.1, 0.15) is 5.75 Å². The van der Waals surface area contributed by atoms with Gasteiger partial charge in [0.15, 0.2) is 12.4 Å². The monoisotopic (exact) mass is 349 g/mol. The van der Waals surface area contributed by atoms with Crippen LogP contribution in [-0.4, -0.2) is 36.3 Å². The van der Waals surface area contributed by atoms with E-state index in [4.69, 9.17) is 16.3 Å². The number of nitrogens with zero attached hydrogens (tertiary/aromatic N) is 1. The lowest BCUT2D eigenvalue weighted by Gasteiger charge is -2.31. The van der Waals surface area contributed by atoms with Gasteiger partial charge in [-0.05, 0) is 36.5 Å². The number of hydrogen-bond donors (Lipinski definition) is 0. The van der Waals surface area contributed by atoms with E-state index in [-0.39, 0.29) is 24.2 Å². The molecule has 1 aromatic rings. The van der Waals surface area contributed by atoms with Crippen molar-refractivity contribution in [1.29, 1.82) is 0 Å².